The van der Waals surface area contributed by atoms with E-state index in [9.17, 15) is 4.39 Å². The van der Waals surface area contributed by atoms with E-state index in [0.29, 0.717) is 42.5 Å². The van der Waals surface area contributed by atoms with Crippen LogP contribution in [0.3, 0.4) is 0 Å². The van der Waals surface area contributed by atoms with Crippen LogP contribution in [0, 0.1) is 5.82 Å². The molecule has 0 amide bonds. The van der Waals surface area contributed by atoms with Crippen LogP contribution in [0.5, 0.6) is 11.5 Å². The minimum absolute atomic E-state index is 0.00256. The summed E-state index contributed by atoms with van der Waals surface area (Å²) in [5.74, 6) is 1.84. The minimum Gasteiger partial charge on any atom is -0.493 e. The Morgan fingerprint density at radius 3 is 2.96 bits per heavy atom. The number of nitrogens with one attached hydrogen (secondary N) is 1. The number of hydrogen-bond acceptors (Lipinski definition) is 5. The van der Waals surface area contributed by atoms with Crippen molar-refractivity contribution in [2.75, 3.05) is 18.5 Å². The molecule has 1 aromatic carbocycles. The summed E-state index contributed by atoms with van der Waals surface area (Å²) in [6.07, 6.45) is 3.32. The Kier molecular flexibility index (Phi) is 2.97. The topological polar surface area (TPSA) is 60.7 Å². The van der Waals surface area contributed by atoms with Crippen LogP contribution in [0.2, 0.25) is 0 Å². The summed E-state index contributed by atoms with van der Waals surface area (Å²) in [6, 6.07) is 5.02. The van der Waals surface area contributed by atoms with Gasteiger partial charge in [-0.3, -0.25) is 4.40 Å². The van der Waals surface area contributed by atoms with Gasteiger partial charge in [0.25, 0.3) is 0 Å². The van der Waals surface area contributed by atoms with Gasteiger partial charge in [0.1, 0.15) is 17.9 Å². The number of fused-ring (bicyclic) bond motifs is 3. The van der Waals surface area contributed by atoms with Crippen LogP contribution in [0.15, 0.2) is 31.1 Å². The highest BCUT2D eigenvalue weighted by Crippen LogP contribution is 2.40. The zero-order chi connectivity index (χ0) is 17.0. The lowest BCUT2D eigenvalue weighted by molar-refractivity contribution is 0.249. The summed E-state index contributed by atoms with van der Waals surface area (Å²) in [7, 11) is 0. The maximum absolute atomic E-state index is 14.5. The quantitative estimate of drug-likeness (QED) is 0.739. The van der Waals surface area contributed by atoms with Gasteiger partial charge < -0.3 is 14.8 Å². The van der Waals surface area contributed by atoms with Crippen molar-refractivity contribution in [3.63, 3.8) is 0 Å². The molecule has 2 aliphatic rings. The summed E-state index contributed by atoms with van der Waals surface area (Å²) >= 11 is 0. The molecule has 0 aliphatic carbocycles. The third kappa shape index (κ3) is 2.02. The molecular weight excluding hydrogens is 323 g/mol. The van der Waals surface area contributed by atoms with E-state index < -0.39 is 0 Å². The second kappa shape index (κ2) is 5.20. The molecule has 3 aromatic rings. The molecule has 0 unspecified atom stereocenters. The fourth-order valence-electron chi connectivity index (χ4n) is 3.56. The van der Waals surface area contributed by atoms with Gasteiger partial charge in [-0.15, -0.1) is 10.2 Å². The van der Waals surface area contributed by atoms with E-state index in [0.717, 1.165) is 16.9 Å². The smallest absolute Gasteiger partial charge is 0.169 e. The maximum atomic E-state index is 14.5. The van der Waals surface area contributed by atoms with Crippen LogP contribution in [-0.2, 0) is 6.54 Å². The predicted octanol–water partition coefficient (Wildman–Crippen LogP) is 2.99. The van der Waals surface area contributed by atoms with Gasteiger partial charge in [0.2, 0.25) is 0 Å². The fraction of sp³-hybridized carbons (Fsp3) is 0.222. The molecule has 126 valence electrons. The minimum atomic E-state index is -0.243. The van der Waals surface area contributed by atoms with E-state index in [1.165, 1.54) is 6.07 Å². The highest BCUT2D eigenvalue weighted by molar-refractivity contribution is 5.72. The number of hydrogen-bond donors (Lipinski definition) is 1. The Bertz CT molecular complexity index is 1010. The first kappa shape index (κ1) is 14.3. The van der Waals surface area contributed by atoms with E-state index in [2.05, 4.69) is 22.1 Å². The lowest BCUT2D eigenvalue weighted by Gasteiger charge is -2.15. The SMILES string of the molecule is C=Cc1cc2c(n3cnnc13)NCc1c(F)ccc3c1[C@H](CO3)CO2. The Morgan fingerprint density at radius 1 is 1.28 bits per heavy atom. The van der Waals surface area contributed by atoms with Crippen molar-refractivity contribution < 1.29 is 13.9 Å². The molecule has 6 nitrogen and oxygen atoms in total. The fourth-order valence-corrected chi connectivity index (χ4v) is 3.56. The summed E-state index contributed by atoms with van der Waals surface area (Å²) < 4.78 is 28.0. The summed E-state index contributed by atoms with van der Waals surface area (Å²) in [4.78, 5) is 0. The number of nitrogens with zero attached hydrogens (tertiary/aromatic N) is 3. The van der Waals surface area contributed by atoms with Gasteiger partial charge in [0.15, 0.2) is 17.2 Å². The van der Waals surface area contributed by atoms with Crippen LogP contribution in [0.25, 0.3) is 11.7 Å². The Labute approximate surface area is 142 Å². The largest absolute Gasteiger partial charge is 0.493 e. The number of anilines is 1. The third-order valence-electron chi connectivity index (χ3n) is 4.77. The summed E-state index contributed by atoms with van der Waals surface area (Å²) in [5.41, 5.74) is 3.00. The molecule has 0 fully saturated rings. The van der Waals surface area contributed by atoms with Crippen LogP contribution < -0.4 is 14.8 Å². The van der Waals surface area contributed by atoms with E-state index in [1.54, 1.807) is 22.9 Å². The van der Waals surface area contributed by atoms with Gasteiger partial charge in [0, 0.05) is 23.2 Å². The first-order valence-corrected chi connectivity index (χ1v) is 8.06. The molecule has 5 rings (SSSR count). The summed E-state index contributed by atoms with van der Waals surface area (Å²) in [5, 5.41) is 11.4. The van der Waals surface area contributed by atoms with Crippen molar-refractivity contribution in [3.05, 3.63) is 53.6 Å². The van der Waals surface area contributed by atoms with Gasteiger partial charge in [-0.1, -0.05) is 12.7 Å². The predicted molar refractivity (Wildman–Crippen MR) is 90.5 cm³/mol. The van der Waals surface area contributed by atoms with Crippen molar-refractivity contribution in [3.8, 4) is 11.5 Å². The lowest BCUT2D eigenvalue weighted by Crippen LogP contribution is -2.13. The molecule has 2 aliphatic heterocycles. The Balaban J connectivity index is 1.69. The average Bonchev–Trinajstić information content (AvgIpc) is 3.26. The normalized spacial score (nSPS) is 18.0. The highest BCUT2D eigenvalue weighted by atomic mass is 19.1. The first-order chi connectivity index (χ1) is 12.3. The molecule has 0 saturated carbocycles. The highest BCUT2D eigenvalue weighted by Gasteiger charge is 2.31. The van der Waals surface area contributed by atoms with Gasteiger partial charge in [-0.05, 0) is 18.2 Å². The molecule has 1 atom stereocenters. The second-order valence-electron chi connectivity index (χ2n) is 6.15. The number of pyridine rings is 1. The number of halogens is 1. The van der Waals surface area contributed by atoms with Crippen molar-refractivity contribution >= 4 is 17.5 Å². The average molecular weight is 338 g/mol. The zero-order valence-corrected chi connectivity index (χ0v) is 13.3. The van der Waals surface area contributed by atoms with Gasteiger partial charge in [-0.2, -0.15) is 0 Å². The Hall–Kier alpha value is -3.09. The monoisotopic (exact) mass is 338 g/mol. The van der Waals surface area contributed by atoms with Crippen LogP contribution in [0.4, 0.5) is 10.2 Å². The molecular formula is C18H15FN4O2. The van der Waals surface area contributed by atoms with E-state index >= 15 is 0 Å². The van der Waals surface area contributed by atoms with Crippen LogP contribution in [0.1, 0.15) is 22.6 Å². The number of benzene rings is 1. The van der Waals surface area contributed by atoms with Crippen LogP contribution >= 0.6 is 0 Å². The molecule has 7 heteroatoms. The first-order valence-electron chi connectivity index (χ1n) is 8.06. The van der Waals surface area contributed by atoms with Gasteiger partial charge >= 0.3 is 0 Å². The molecule has 0 bridgehead atoms. The summed E-state index contributed by atoms with van der Waals surface area (Å²) in [6.45, 7) is 5.05. The number of ether oxygens (including phenoxy) is 2. The number of rotatable bonds is 1. The molecule has 1 N–H and O–H groups in total. The van der Waals surface area contributed by atoms with Gasteiger partial charge in [-0.25, -0.2) is 4.39 Å². The molecule has 25 heavy (non-hydrogen) atoms. The molecule has 0 saturated heterocycles. The van der Waals surface area contributed by atoms with E-state index in [1.807, 2.05) is 6.07 Å². The standard InChI is InChI=1S/C18H15FN4O2/c1-2-10-5-15-18(23-9-21-22-17(10)23)20-6-12-13(19)3-4-14-16(12)11(7-24-14)8-25-15/h2-5,9,11,20H,1,6-8H2/t11-/m1/s1. The zero-order valence-electron chi connectivity index (χ0n) is 13.3. The molecule has 2 aromatic heterocycles. The maximum Gasteiger partial charge on any atom is 0.169 e. The van der Waals surface area contributed by atoms with E-state index in [4.69, 9.17) is 9.47 Å². The lowest BCUT2D eigenvalue weighted by atomic mass is 9.96. The second-order valence-corrected chi connectivity index (χ2v) is 6.15. The van der Waals surface area contributed by atoms with Gasteiger partial charge in [0.05, 0.1) is 19.1 Å². The Morgan fingerprint density at radius 2 is 2.12 bits per heavy atom. The van der Waals surface area contributed by atoms with E-state index in [-0.39, 0.29) is 11.7 Å². The van der Waals surface area contributed by atoms with Crippen LogP contribution in [-0.4, -0.2) is 27.8 Å². The van der Waals surface area contributed by atoms with Crippen molar-refractivity contribution in [2.24, 2.45) is 0 Å². The van der Waals surface area contributed by atoms with Crippen molar-refractivity contribution in [1.29, 1.82) is 0 Å². The molecule has 4 heterocycles. The van der Waals surface area contributed by atoms with Crippen molar-refractivity contribution in [1.82, 2.24) is 14.6 Å². The number of aromatic nitrogens is 3. The molecule has 0 radical (unpaired) electrons. The van der Waals surface area contributed by atoms with Crippen molar-refractivity contribution in [2.45, 2.75) is 12.5 Å². The molecule has 0 spiro atoms. The third-order valence-corrected chi connectivity index (χ3v) is 4.77.